The molecule has 0 unspecified atom stereocenters. The van der Waals surface area contributed by atoms with Crippen LogP contribution in [0.4, 0.5) is 19.1 Å². The molecular weight excluding hydrogens is 671 g/mol. The van der Waals surface area contributed by atoms with Crippen LogP contribution in [-0.4, -0.2) is 78.0 Å². The molecule has 10 nitrogen and oxygen atoms in total. The number of ether oxygens (including phenoxy) is 1. The zero-order chi connectivity index (χ0) is 36.2. The van der Waals surface area contributed by atoms with Crippen molar-refractivity contribution >= 4 is 27.8 Å². The molecular formula is C36H42F3N5O5S. The maximum atomic E-state index is 14.5. The fraction of sp³-hybridized carbons (Fsp3) is 0.500. The summed E-state index contributed by atoms with van der Waals surface area (Å²) in [7, 11) is -4.31. The minimum absolute atomic E-state index is 0.00516. The molecule has 1 saturated carbocycles. The second kappa shape index (κ2) is 12.8. The number of aryl methyl sites for hydroxylation is 2. The molecule has 1 aromatic heterocycles. The molecule has 2 amide bonds. The van der Waals surface area contributed by atoms with Gasteiger partial charge in [0, 0.05) is 43.2 Å². The van der Waals surface area contributed by atoms with Gasteiger partial charge >= 0.3 is 6.18 Å². The van der Waals surface area contributed by atoms with Gasteiger partial charge < -0.3 is 14.5 Å². The van der Waals surface area contributed by atoms with Crippen molar-refractivity contribution in [1.29, 1.82) is 0 Å². The van der Waals surface area contributed by atoms with Gasteiger partial charge in [-0.1, -0.05) is 38.1 Å². The van der Waals surface area contributed by atoms with Crippen molar-refractivity contribution in [2.24, 2.45) is 10.8 Å². The van der Waals surface area contributed by atoms with Crippen LogP contribution in [0.3, 0.4) is 0 Å². The van der Waals surface area contributed by atoms with Gasteiger partial charge in [-0.2, -0.15) is 18.2 Å². The van der Waals surface area contributed by atoms with Crippen LogP contribution in [0.2, 0.25) is 0 Å². The lowest BCUT2D eigenvalue weighted by atomic mass is 9.59. The van der Waals surface area contributed by atoms with Gasteiger partial charge in [0.05, 0.1) is 22.0 Å². The molecule has 2 aliphatic heterocycles. The number of sulfonamides is 1. The van der Waals surface area contributed by atoms with Gasteiger partial charge in [-0.15, -0.1) is 0 Å². The highest BCUT2D eigenvalue weighted by Crippen LogP contribution is 2.52. The summed E-state index contributed by atoms with van der Waals surface area (Å²) in [6.07, 6.45) is -2.52. The summed E-state index contributed by atoms with van der Waals surface area (Å²) in [6.45, 7) is 8.34. The number of halogens is 3. The zero-order valence-electron chi connectivity index (χ0n) is 28.8. The van der Waals surface area contributed by atoms with Crippen LogP contribution >= 0.6 is 0 Å². The van der Waals surface area contributed by atoms with Gasteiger partial charge in [0.25, 0.3) is 15.9 Å². The summed E-state index contributed by atoms with van der Waals surface area (Å²) >= 11 is 0. The Morgan fingerprint density at radius 1 is 1.02 bits per heavy atom. The first-order valence-electron chi connectivity index (χ1n) is 16.7. The smallest absolute Gasteiger partial charge is 0.394 e. The highest BCUT2D eigenvalue weighted by atomic mass is 32.2. The minimum atomic E-state index is -4.58. The van der Waals surface area contributed by atoms with Crippen molar-refractivity contribution in [3.8, 4) is 17.1 Å². The van der Waals surface area contributed by atoms with E-state index >= 15 is 0 Å². The largest absolute Gasteiger partial charge is 0.475 e. The fourth-order valence-electron chi connectivity index (χ4n) is 7.61. The molecule has 6 rings (SSSR count). The fourth-order valence-corrected chi connectivity index (χ4v) is 8.60. The predicted octanol–water partition coefficient (Wildman–Crippen LogP) is 6.53. The van der Waals surface area contributed by atoms with Crippen molar-refractivity contribution in [3.05, 3.63) is 65.2 Å². The number of rotatable bonds is 4. The highest BCUT2D eigenvalue weighted by molar-refractivity contribution is 7.92. The number of nitrogens with zero attached hydrogens (tertiary/aromatic N) is 4. The molecule has 50 heavy (non-hydrogen) atoms. The van der Waals surface area contributed by atoms with E-state index in [1.54, 1.807) is 4.90 Å². The first kappa shape index (κ1) is 35.6. The first-order chi connectivity index (χ1) is 23.4. The zero-order valence-corrected chi connectivity index (χ0v) is 29.6. The Morgan fingerprint density at radius 3 is 2.28 bits per heavy atom. The number of amides is 2. The third-order valence-electron chi connectivity index (χ3n) is 10.6. The molecule has 1 spiro atoms. The van der Waals surface area contributed by atoms with E-state index in [1.165, 1.54) is 42.2 Å². The van der Waals surface area contributed by atoms with Crippen LogP contribution in [0.25, 0.3) is 11.3 Å². The first-order valence-corrected chi connectivity index (χ1v) is 18.2. The lowest BCUT2D eigenvalue weighted by Crippen LogP contribution is -2.61. The number of likely N-dealkylation sites (tertiary alicyclic amines) is 1. The molecule has 1 atom stereocenters. The van der Waals surface area contributed by atoms with E-state index in [9.17, 15) is 31.2 Å². The van der Waals surface area contributed by atoms with Crippen molar-refractivity contribution in [3.63, 3.8) is 0 Å². The SMILES string of the molecule is CC(=O)N1CCC2(CC1)CC(N1C(=O)c3cccc(c3)S(=O)(=O)Nc3nc(cc(-c4c(C)cccc4C)n3)OC[C@H]1CC(C)(C)C(F)(F)F)C2. The van der Waals surface area contributed by atoms with Gasteiger partial charge in [-0.05, 0) is 80.7 Å². The Hall–Kier alpha value is -4.20. The van der Waals surface area contributed by atoms with E-state index in [2.05, 4.69) is 14.7 Å². The quantitative estimate of drug-likeness (QED) is 0.326. The minimum Gasteiger partial charge on any atom is -0.475 e. The second-order valence-electron chi connectivity index (χ2n) is 14.6. The monoisotopic (exact) mass is 713 g/mol. The van der Waals surface area contributed by atoms with E-state index in [1.807, 2.05) is 32.0 Å². The highest BCUT2D eigenvalue weighted by Gasteiger charge is 2.54. The van der Waals surface area contributed by atoms with Gasteiger partial charge in [0.15, 0.2) is 0 Å². The average molecular weight is 714 g/mol. The van der Waals surface area contributed by atoms with Gasteiger partial charge in [0.1, 0.15) is 6.61 Å². The Morgan fingerprint density at radius 2 is 1.66 bits per heavy atom. The lowest BCUT2D eigenvalue weighted by molar-refractivity contribution is -0.219. The van der Waals surface area contributed by atoms with Crippen molar-refractivity contribution in [1.82, 2.24) is 19.8 Å². The Balaban J connectivity index is 1.45. The number of hydrogen-bond donors (Lipinski definition) is 1. The van der Waals surface area contributed by atoms with Crippen LogP contribution in [0.5, 0.6) is 5.88 Å². The topological polar surface area (TPSA) is 122 Å². The summed E-state index contributed by atoms with van der Waals surface area (Å²) in [6, 6.07) is 11.2. The third kappa shape index (κ3) is 6.90. The molecule has 268 valence electrons. The lowest BCUT2D eigenvalue weighted by Gasteiger charge is -2.56. The number of fused-ring (bicyclic) bond motifs is 4. The normalized spacial score (nSPS) is 20.9. The van der Waals surface area contributed by atoms with E-state index in [0.29, 0.717) is 31.6 Å². The molecule has 2 fully saturated rings. The number of piperidine rings is 1. The average Bonchev–Trinajstić information content (AvgIpc) is 3.02. The Bertz CT molecular complexity index is 1900. The van der Waals surface area contributed by atoms with Crippen LogP contribution in [0.15, 0.2) is 53.4 Å². The molecule has 3 aromatic rings. The molecule has 1 saturated heterocycles. The predicted molar refractivity (Wildman–Crippen MR) is 181 cm³/mol. The van der Waals surface area contributed by atoms with Crippen LogP contribution in [0, 0.1) is 24.7 Å². The number of benzene rings is 2. The van der Waals surface area contributed by atoms with Crippen molar-refractivity contribution in [2.45, 2.75) is 89.9 Å². The van der Waals surface area contributed by atoms with E-state index < -0.39 is 46.0 Å². The summed E-state index contributed by atoms with van der Waals surface area (Å²) in [5.74, 6) is -0.916. The number of aromatic nitrogens is 2. The van der Waals surface area contributed by atoms with E-state index in [0.717, 1.165) is 43.4 Å². The summed E-state index contributed by atoms with van der Waals surface area (Å²) < 4.78 is 79.4. The van der Waals surface area contributed by atoms with Crippen LogP contribution < -0.4 is 9.46 Å². The molecule has 14 heteroatoms. The number of hydrogen-bond acceptors (Lipinski definition) is 7. The maximum absolute atomic E-state index is 14.5. The van der Waals surface area contributed by atoms with Gasteiger partial charge in [-0.25, -0.2) is 18.1 Å². The number of alkyl halides is 3. The van der Waals surface area contributed by atoms with Crippen molar-refractivity contribution < 1.29 is 35.9 Å². The van der Waals surface area contributed by atoms with E-state index in [4.69, 9.17) is 4.74 Å². The Kier molecular flexibility index (Phi) is 9.15. The molecule has 1 N–H and O–H groups in total. The van der Waals surface area contributed by atoms with Crippen molar-refractivity contribution in [2.75, 3.05) is 24.4 Å². The molecule has 3 aliphatic rings. The molecule has 0 radical (unpaired) electrons. The summed E-state index contributed by atoms with van der Waals surface area (Å²) in [5.41, 5.74) is 0.499. The molecule has 1 aliphatic carbocycles. The standard InChI is InChI=1S/C36H42F3N5O5S/c1-22-8-6-9-23(2)31(22)29-17-30-41-33(40-29)42-50(47,48)28-11-7-10-25(16-28)32(46)44(27(21-49-30)18-34(4,5)36(37,38)39)26-19-35(20-26)12-14-43(15-13-35)24(3)45/h6-11,16-17,26-27H,12-15,18-21H2,1-5H3,(H,40,41,42)/t27-/m1/s1. The molecule has 2 aromatic carbocycles. The molecule has 3 heterocycles. The number of carbonyl (C=O) groups excluding carboxylic acids is 2. The number of carbonyl (C=O) groups is 2. The van der Waals surface area contributed by atoms with Crippen LogP contribution in [-0.2, 0) is 14.8 Å². The number of nitrogens with one attached hydrogen (secondary N) is 1. The van der Waals surface area contributed by atoms with Crippen LogP contribution in [0.1, 0.15) is 74.4 Å². The number of anilines is 1. The second-order valence-corrected chi connectivity index (χ2v) is 16.3. The van der Waals surface area contributed by atoms with E-state index in [-0.39, 0.29) is 40.2 Å². The maximum Gasteiger partial charge on any atom is 0.394 e. The third-order valence-corrected chi connectivity index (χ3v) is 11.9. The van der Waals surface area contributed by atoms with Gasteiger partial charge in [-0.3, -0.25) is 9.59 Å². The summed E-state index contributed by atoms with van der Waals surface area (Å²) in [4.78, 5) is 38.4. The Labute approximate surface area is 290 Å². The van der Waals surface area contributed by atoms with Gasteiger partial charge in [0.2, 0.25) is 17.7 Å². The summed E-state index contributed by atoms with van der Waals surface area (Å²) in [5, 5.41) is 0. The molecule has 4 bridgehead atoms.